The smallest absolute Gasteiger partial charge is 0.243 e. The zero-order valence-electron chi connectivity index (χ0n) is 16.2. The Balaban J connectivity index is 1.72. The molecule has 0 radical (unpaired) electrons. The zero-order valence-corrected chi connectivity index (χ0v) is 17.0. The van der Waals surface area contributed by atoms with Gasteiger partial charge in [-0.15, -0.1) is 0 Å². The minimum atomic E-state index is -3.62. The highest BCUT2D eigenvalue weighted by Gasteiger charge is 2.35. The molecule has 1 N–H and O–H groups in total. The first-order valence-corrected chi connectivity index (χ1v) is 10.7. The molecular formula is C21H24N2O4S. The van der Waals surface area contributed by atoms with Crippen LogP contribution in [0, 0.1) is 0 Å². The number of hydrogen-bond donors (Lipinski definition) is 1. The van der Waals surface area contributed by atoms with Crippen LogP contribution in [-0.4, -0.2) is 40.0 Å². The van der Waals surface area contributed by atoms with Crippen LogP contribution in [0.4, 0.5) is 5.69 Å². The molecule has 1 unspecified atom stereocenters. The van der Waals surface area contributed by atoms with Gasteiger partial charge in [0.05, 0.1) is 19.1 Å². The van der Waals surface area contributed by atoms with E-state index in [2.05, 4.69) is 5.32 Å². The number of fused-ring (bicyclic) bond motifs is 2. The van der Waals surface area contributed by atoms with E-state index in [4.69, 9.17) is 9.47 Å². The van der Waals surface area contributed by atoms with Crippen molar-refractivity contribution < 1.29 is 17.9 Å². The van der Waals surface area contributed by atoms with Crippen LogP contribution in [0.3, 0.4) is 0 Å². The summed E-state index contributed by atoms with van der Waals surface area (Å²) in [7, 11) is -0.435. The van der Waals surface area contributed by atoms with Crippen molar-refractivity contribution in [3.8, 4) is 11.5 Å². The second kappa shape index (κ2) is 7.14. The monoisotopic (exact) mass is 400 g/mol. The summed E-state index contributed by atoms with van der Waals surface area (Å²) in [6, 6.07) is 8.80. The van der Waals surface area contributed by atoms with Gasteiger partial charge in [-0.05, 0) is 60.4 Å². The third kappa shape index (κ3) is 3.04. The van der Waals surface area contributed by atoms with Gasteiger partial charge in [-0.1, -0.05) is 12.2 Å². The molecule has 0 aromatic heterocycles. The van der Waals surface area contributed by atoms with E-state index in [1.165, 1.54) is 0 Å². The third-order valence-electron chi connectivity index (χ3n) is 5.47. The number of methoxy groups -OCH3 is 2. The van der Waals surface area contributed by atoms with Crippen molar-refractivity contribution in [1.29, 1.82) is 0 Å². The van der Waals surface area contributed by atoms with E-state index >= 15 is 0 Å². The second-order valence-corrected chi connectivity index (χ2v) is 8.87. The predicted molar refractivity (Wildman–Crippen MR) is 110 cm³/mol. The lowest BCUT2D eigenvalue weighted by Crippen LogP contribution is -2.38. The SMILES string of the molecule is COc1cc2c(cc1OC)C(C)N(S(=O)(=O)c1ccc3c(c1)C=CCN3)CC2. The van der Waals surface area contributed by atoms with Gasteiger partial charge in [0.15, 0.2) is 11.5 Å². The molecule has 7 heteroatoms. The Kier molecular flexibility index (Phi) is 4.81. The molecule has 0 bridgehead atoms. The topological polar surface area (TPSA) is 67.9 Å². The largest absolute Gasteiger partial charge is 0.493 e. The Hall–Kier alpha value is -2.51. The number of benzene rings is 2. The van der Waals surface area contributed by atoms with E-state index in [0.717, 1.165) is 28.9 Å². The van der Waals surface area contributed by atoms with Crippen LogP contribution in [0.5, 0.6) is 11.5 Å². The fraction of sp³-hybridized carbons (Fsp3) is 0.333. The van der Waals surface area contributed by atoms with Gasteiger partial charge in [0, 0.05) is 24.8 Å². The van der Waals surface area contributed by atoms with Crippen molar-refractivity contribution in [1.82, 2.24) is 4.31 Å². The maximum absolute atomic E-state index is 13.4. The molecular weight excluding hydrogens is 376 g/mol. The van der Waals surface area contributed by atoms with Crippen LogP contribution < -0.4 is 14.8 Å². The molecule has 2 aliphatic rings. The molecule has 0 spiro atoms. The summed E-state index contributed by atoms with van der Waals surface area (Å²) in [5.41, 5.74) is 3.89. The van der Waals surface area contributed by atoms with Crippen LogP contribution >= 0.6 is 0 Å². The molecule has 148 valence electrons. The van der Waals surface area contributed by atoms with Gasteiger partial charge < -0.3 is 14.8 Å². The number of nitrogens with one attached hydrogen (secondary N) is 1. The number of hydrogen-bond acceptors (Lipinski definition) is 5. The molecule has 2 aromatic rings. The Morgan fingerprint density at radius 3 is 2.61 bits per heavy atom. The summed E-state index contributed by atoms with van der Waals surface area (Å²) >= 11 is 0. The number of rotatable bonds is 4. The Labute approximate surface area is 165 Å². The van der Waals surface area contributed by atoms with E-state index < -0.39 is 10.0 Å². The van der Waals surface area contributed by atoms with Crippen molar-refractivity contribution >= 4 is 21.8 Å². The minimum absolute atomic E-state index is 0.293. The van der Waals surface area contributed by atoms with Gasteiger partial charge in [0.1, 0.15) is 0 Å². The van der Waals surface area contributed by atoms with Crippen LogP contribution in [0.25, 0.3) is 6.08 Å². The highest BCUT2D eigenvalue weighted by atomic mass is 32.2. The molecule has 0 fully saturated rings. The van der Waals surface area contributed by atoms with Crippen molar-refractivity contribution in [3.05, 3.63) is 53.1 Å². The summed E-state index contributed by atoms with van der Waals surface area (Å²) in [5.74, 6) is 1.27. The molecule has 6 nitrogen and oxygen atoms in total. The van der Waals surface area contributed by atoms with E-state index in [9.17, 15) is 8.42 Å². The summed E-state index contributed by atoms with van der Waals surface area (Å²) in [6.45, 7) is 3.10. The Morgan fingerprint density at radius 2 is 1.86 bits per heavy atom. The summed E-state index contributed by atoms with van der Waals surface area (Å²) in [4.78, 5) is 0.315. The summed E-state index contributed by atoms with van der Waals surface area (Å²) in [5, 5.41) is 3.25. The molecule has 0 saturated carbocycles. The quantitative estimate of drug-likeness (QED) is 0.851. The minimum Gasteiger partial charge on any atom is -0.493 e. The van der Waals surface area contributed by atoms with Crippen molar-refractivity contribution in [2.75, 3.05) is 32.6 Å². The molecule has 28 heavy (non-hydrogen) atoms. The highest BCUT2D eigenvalue weighted by molar-refractivity contribution is 7.89. The molecule has 0 aliphatic carbocycles. The molecule has 2 aliphatic heterocycles. The average Bonchev–Trinajstić information content (AvgIpc) is 2.72. The maximum Gasteiger partial charge on any atom is 0.243 e. The van der Waals surface area contributed by atoms with Crippen molar-refractivity contribution in [3.63, 3.8) is 0 Å². The summed E-state index contributed by atoms with van der Waals surface area (Å²) < 4.78 is 39.2. The van der Waals surface area contributed by atoms with Gasteiger partial charge in [0.2, 0.25) is 10.0 Å². The zero-order chi connectivity index (χ0) is 19.9. The standard InChI is InChI=1S/C21H24N2O4S/c1-14-18-13-21(27-3)20(26-2)12-15(18)8-10-23(14)28(24,25)17-6-7-19-16(11-17)5-4-9-22-19/h4-7,11-14,22H,8-10H2,1-3H3. The molecule has 4 rings (SSSR count). The average molecular weight is 401 g/mol. The maximum atomic E-state index is 13.4. The van der Waals surface area contributed by atoms with Crippen molar-refractivity contribution in [2.45, 2.75) is 24.3 Å². The molecule has 1 atom stereocenters. The van der Waals surface area contributed by atoms with Gasteiger partial charge in [0.25, 0.3) is 0 Å². The molecule has 0 amide bonds. The third-order valence-corrected chi connectivity index (χ3v) is 7.43. The van der Waals surface area contributed by atoms with Gasteiger partial charge >= 0.3 is 0 Å². The molecule has 2 aromatic carbocycles. The Morgan fingerprint density at radius 1 is 1.11 bits per heavy atom. The predicted octanol–water partition coefficient (Wildman–Crippen LogP) is 3.45. The highest BCUT2D eigenvalue weighted by Crippen LogP contribution is 2.40. The van der Waals surface area contributed by atoms with Gasteiger partial charge in [-0.3, -0.25) is 0 Å². The van der Waals surface area contributed by atoms with Crippen LogP contribution in [0.2, 0.25) is 0 Å². The fourth-order valence-corrected chi connectivity index (χ4v) is 5.59. The van der Waals surface area contributed by atoms with E-state index in [-0.39, 0.29) is 6.04 Å². The van der Waals surface area contributed by atoms with Crippen LogP contribution in [-0.2, 0) is 16.4 Å². The molecule has 2 heterocycles. The van der Waals surface area contributed by atoms with Crippen molar-refractivity contribution in [2.24, 2.45) is 0 Å². The molecule has 0 saturated heterocycles. The van der Waals surface area contributed by atoms with E-state index in [1.807, 2.05) is 37.3 Å². The first-order valence-electron chi connectivity index (χ1n) is 9.27. The second-order valence-electron chi connectivity index (χ2n) is 6.98. The number of ether oxygens (including phenoxy) is 2. The van der Waals surface area contributed by atoms with Gasteiger partial charge in [-0.25, -0.2) is 8.42 Å². The lowest BCUT2D eigenvalue weighted by molar-refractivity contribution is 0.319. The van der Waals surface area contributed by atoms with E-state index in [1.54, 1.807) is 30.7 Å². The van der Waals surface area contributed by atoms with Gasteiger partial charge in [-0.2, -0.15) is 4.31 Å². The first kappa shape index (κ1) is 18.8. The fourth-order valence-electron chi connectivity index (χ4n) is 3.94. The van der Waals surface area contributed by atoms with Crippen LogP contribution in [0.15, 0.2) is 41.3 Å². The number of sulfonamides is 1. The summed E-state index contributed by atoms with van der Waals surface area (Å²) in [6.07, 6.45) is 4.57. The lowest BCUT2D eigenvalue weighted by atomic mass is 9.94. The first-order chi connectivity index (χ1) is 13.5. The van der Waals surface area contributed by atoms with Crippen LogP contribution in [0.1, 0.15) is 29.7 Å². The normalized spacial score (nSPS) is 18.8. The lowest BCUT2D eigenvalue weighted by Gasteiger charge is -2.35. The number of anilines is 1. The Bertz CT molecular complexity index is 1050. The number of nitrogens with zero attached hydrogens (tertiary/aromatic N) is 1. The van der Waals surface area contributed by atoms with E-state index in [0.29, 0.717) is 29.4 Å².